The number of rotatable bonds is 5. The van der Waals surface area contributed by atoms with Crippen LogP contribution in [-0.4, -0.2) is 23.7 Å². The number of carbonyl (C=O) groups is 1. The highest BCUT2D eigenvalue weighted by Crippen LogP contribution is 2.41. The minimum atomic E-state index is 0.128. The van der Waals surface area contributed by atoms with Gasteiger partial charge in [0.15, 0.2) is 0 Å². The van der Waals surface area contributed by atoms with Gasteiger partial charge < -0.3 is 10.4 Å². The molecule has 18 heavy (non-hydrogen) atoms. The molecule has 0 aromatic rings. The Labute approximate surface area is 111 Å². The van der Waals surface area contributed by atoms with E-state index in [1.807, 2.05) is 6.92 Å². The van der Waals surface area contributed by atoms with E-state index in [0.717, 1.165) is 19.3 Å². The fraction of sp³-hybridized carbons (Fsp3) is 0.933. The van der Waals surface area contributed by atoms with Crippen molar-refractivity contribution in [1.29, 1.82) is 0 Å². The average Bonchev–Trinajstić information content (AvgIpc) is 2.25. The molecule has 3 nitrogen and oxygen atoms in total. The van der Waals surface area contributed by atoms with Crippen LogP contribution < -0.4 is 5.32 Å². The fourth-order valence-electron chi connectivity index (χ4n) is 3.40. The maximum Gasteiger partial charge on any atom is 0.223 e. The van der Waals surface area contributed by atoms with Crippen LogP contribution in [0, 0.1) is 17.3 Å². The monoisotopic (exact) mass is 255 g/mol. The molecule has 1 aliphatic rings. The van der Waals surface area contributed by atoms with Crippen LogP contribution in [0.15, 0.2) is 0 Å². The first kappa shape index (κ1) is 15.5. The largest absolute Gasteiger partial charge is 0.396 e. The van der Waals surface area contributed by atoms with Crippen LogP contribution >= 0.6 is 0 Å². The SMILES string of the molecule is CCC(CCO)NC(=O)C1CC(C)CC(C)(C)C1. The molecule has 0 spiro atoms. The van der Waals surface area contributed by atoms with Crippen molar-refractivity contribution >= 4 is 5.91 Å². The molecule has 0 bridgehead atoms. The van der Waals surface area contributed by atoms with Gasteiger partial charge in [-0.05, 0) is 43.4 Å². The zero-order valence-electron chi connectivity index (χ0n) is 12.3. The number of aliphatic hydroxyl groups is 1. The highest BCUT2D eigenvalue weighted by Gasteiger charge is 2.35. The first-order valence-corrected chi connectivity index (χ1v) is 7.29. The smallest absolute Gasteiger partial charge is 0.223 e. The van der Waals surface area contributed by atoms with Gasteiger partial charge in [-0.1, -0.05) is 27.7 Å². The van der Waals surface area contributed by atoms with Gasteiger partial charge in [0.25, 0.3) is 0 Å². The zero-order chi connectivity index (χ0) is 13.8. The molecule has 1 saturated carbocycles. The van der Waals surface area contributed by atoms with Gasteiger partial charge in [-0.3, -0.25) is 4.79 Å². The molecule has 0 heterocycles. The zero-order valence-corrected chi connectivity index (χ0v) is 12.3. The van der Waals surface area contributed by atoms with E-state index in [9.17, 15) is 4.79 Å². The topological polar surface area (TPSA) is 49.3 Å². The molecule has 1 amide bonds. The second-order valence-corrected chi connectivity index (χ2v) is 6.74. The molecule has 0 aromatic heterocycles. The van der Waals surface area contributed by atoms with E-state index in [4.69, 9.17) is 5.11 Å². The van der Waals surface area contributed by atoms with Crippen molar-refractivity contribution in [2.45, 2.75) is 65.8 Å². The number of hydrogen-bond donors (Lipinski definition) is 2. The Morgan fingerprint density at radius 1 is 1.44 bits per heavy atom. The van der Waals surface area contributed by atoms with Gasteiger partial charge >= 0.3 is 0 Å². The van der Waals surface area contributed by atoms with Gasteiger partial charge in [0, 0.05) is 18.6 Å². The Kier molecular flexibility index (Phi) is 5.64. The van der Waals surface area contributed by atoms with Crippen LogP contribution in [0.25, 0.3) is 0 Å². The quantitative estimate of drug-likeness (QED) is 0.793. The van der Waals surface area contributed by atoms with E-state index in [1.165, 1.54) is 6.42 Å². The van der Waals surface area contributed by atoms with Crippen molar-refractivity contribution in [2.75, 3.05) is 6.61 Å². The molecule has 3 heteroatoms. The number of carbonyl (C=O) groups excluding carboxylic acids is 1. The molecule has 0 aromatic carbocycles. The van der Waals surface area contributed by atoms with Crippen LogP contribution in [-0.2, 0) is 4.79 Å². The Bertz CT molecular complexity index is 276. The highest BCUT2D eigenvalue weighted by atomic mass is 16.3. The van der Waals surface area contributed by atoms with Crippen molar-refractivity contribution < 1.29 is 9.90 Å². The fourth-order valence-corrected chi connectivity index (χ4v) is 3.40. The first-order valence-electron chi connectivity index (χ1n) is 7.29. The lowest BCUT2D eigenvalue weighted by Crippen LogP contribution is -2.42. The standard InChI is InChI=1S/C15H29NO2/c1-5-13(6-7-17)16-14(18)12-8-11(2)9-15(3,4)10-12/h11-13,17H,5-10H2,1-4H3,(H,16,18). The summed E-state index contributed by atoms with van der Waals surface area (Å²) in [5, 5.41) is 12.1. The first-order chi connectivity index (χ1) is 8.38. The van der Waals surface area contributed by atoms with E-state index in [1.54, 1.807) is 0 Å². The molecule has 1 aliphatic carbocycles. The summed E-state index contributed by atoms with van der Waals surface area (Å²) in [7, 11) is 0. The molecule has 0 saturated heterocycles. The molecule has 3 unspecified atom stereocenters. The Morgan fingerprint density at radius 2 is 2.11 bits per heavy atom. The van der Waals surface area contributed by atoms with E-state index >= 15 is 0 Å². The molecule has 3 atom stereocenters. The maximum absolute atomic E-state index is 12.3. The lowest BCUT2D eigenvalue weighted by Gasteiger charge is -2.38. The molecule has 106 valence electrons. The number of hydrogen-bond acceptors (Lipinski definition) is 2. The van der Waals surface area contributed by atoms with Crippen molar-refractivity contribution in [1.82, 2.24) is 5.32 Å². The van der Waals surface area contributed by atoms with Crippen LogP contribution in [0.3, 0.4) is 0 Å². The van der Waals surface area contributed by atoms with Crippen LogP contribution in [0.5, 0.6) is 0 Å². The summed E-state index contributed by atoms with van der Waals surface area (Å²) in [5.41, 5.74) is 0.276. The van der Waals surface area contributed by atoms with Gasteiger partial charge in [0.05, 0.1) is 0 Å². The van der Waals surface area contributed by atoms with E-state index in [-0.39, 0.29) is 29.9 Å². The lowest BCUT2D eigenvalue weighted by molar-refractivity contribution is -0.128. The molecular formula is C15H29NO2. The molecule has 1 rings (SSSR count). The van der Waals surface area contributed by atoms with Crippen molar-refractivity contribution in [3.8, 4) is 0 Å². The predicted octanol–water partition coefficient (Wildman–Crippen LogP) is 2.73. The summed E-state index contributed by atoms with van der Waals surface area (Å²) in [5.74, 6) is 0.967. The summed E-state index contributed by atoms with van der Waals surface area (Å²) < 4.78 is 0. The minimum absolute atomic E-state index is 0.128. The minimum Gasteiger partial charge on any atom is -0.396 e. The Morgan fingerprint density at radius 3 is 2.61 bits per heavy atom. The van der Waals surface area contributed by atoms with Gasteiger partial charge in [-0.15, -0.1) is 0 Å². The number of nitrogens with one attached hydrogen (secondary N) is 1. The third kappa shape index (κ3) is 4.60. The molecule has 0 radical (unpaired) electrons. The number of amides is 1. The summed E-state index contributed by atoms with van der Waals surface area (Å²) >= 11 is 0. The van der Waals surface area contributed by atoms with Gasteiger partial charge in [-0.25, -0.2) is 0 Å². The molecular weight excluding hydrogens is 226 g/mol. The second-order valence-electron chi connectivity index (χ2n) is 6.74. The lowest BCUT2D eigenvalue weighted by atomic mass is 9.68. The van der Waals surface area contributed by atoms with E-state index < -0.39 is 0 Å². The normalized spacial score (nSPS) is 28.7. The highest BCUT2D eigenvalue weighted by molar-refractivity contribution is 5.79. The third-order valence-electron chi connectivity index (χ3n) is 4.07. The van der Waals surface area contributed by atoms with E-state index in [2.05, 4.69) is 26.1 Å². The predicted molar refractivity (Wildman–Crippen MR) is 74.2 cm³/mol. The maximum atomic E-state index is 12.3. The molecule has 1 fully saturated rings. The van der Waals surface area contributed by atoms with Crippen molar-refractivity contribution in [3.63, 3.8) is 0 Å². The van der Waals surface area contributed by atoms with Crippen molar-refractivity contribution in [3.05, 3.63) is 0 Å². The van der Waals surface area contributed by atoms with Gasteiger partial charge in [0.1, 0.15) is 0 Å². The van der Waals surface area contributed by atoms with Crippen LogP contribution in [0.1, 0.15) is 59.8 Å². The summed E-state index contributed by atoms with van der Waals surface area (Å²) in [6.07, 6.45) is 4.75. The summed E-state index contributed by atoms with van der Waals surface area (Å²) in [4.78, 5) is 12.3. The van der Waals surface area contributed by atoms with Crippen LogP contribution in [0.4, 0.5) is 0 Å². The summed E-state index contributed by atoms with van der Waals surface area (Å²) in [6, 6.07) is 0.128. The third-order valence-corrected chi connectivity index (χ3v) is 4.07. The Balaban J connectivity index is 2.55. The average molecular weight is 255 g/mol. The Hall–Kier alpha value is -0.570. The van der Waals surface area contributed by atoms with Crippen molar-refractivity contribution in [2.24, 2.45) is 17.3 Å². The number of aliphatic hydroxyl groups excluding tert-OH is 1. The second kappa shape index (κ2) is 6.55. The van der Waals surface area contributed by atoms with Crippen LogP contribution in [0.2, 0.25) is 0 Å². The molecule has 2 N–H and O–H groups in total. The summed E-state index contributed by atoms with van der Waals surface area (Å²) in [6.45, 7) is 8.95. The van der Waals surface area contributed by atoms with E-state index in [0.29, 0.717) is 12.3 Å². The van der Waals surface area contributed by atoms with Gasteiger partial charge in [-0.2, -0.15) is 0 Å². The molecule has 0 aliphatic heterocycles. The van der Waals surface area contributed by atoms with Gasteiger partial charge in [0.2, 0.25) is 5.91 Å².